The van der Waals surface area contributed by atoms with Crippen molar-refractivity contribution in [2.24, 2.45) is 0 Å². The molecule has 2 unspecified atom stereocenters. The second kappa shape index (κ2) is 8.77. The summed E-state index contributed by atoms with van der Waals surface area (Å²) < 4.78 is 15.7. The van der Waals surface area contributed by atoms with Crippen molar-refractivity contribution in [2.75, 3.05) is 13.2 Å². The van der Waals surface area contributed by atoms with Gasteiger partial charge in [0.25, 0.3) is 0 Å². The van der Waals surface area contributed by atoms with Crippen molar-refractivity contribution in [1.82, 2.24) is 4.98 Å². The van der Waals surface area contributed by atoms with Crippen molar-refractivity contribution in [3.05, 3.63) is 30.1 Å². The number of carbonyl (C=O) groups is 2. The molecule has 9 heteroatoms. The molecule has 1 aliphatic heterocycles. The quantitative estimate of drug-likeness (QED) is 0.288. The minimum atomic E-state index is -2.26. The van der Waals surface area contributed by atoms with Gasteiger partial charge in [0, 0.05) is 18.8 Å². The summed E-state index contributed by atoms with van der Waals surface area (Å²) in [6.07, 6.45) is 3.20. The van der Waals surface area contributed by atoms with Crippen LogP contribution in [0.5, 0.6) is 0 Å². The van der Waals surface area contributed by atoms with Crippen molar-refractivity contribution in [2.45, 2.75) is 50.0 Å². The first-order valence-electron chi connectivity index (χ1n) is 8.64. The Kier molecular flexibility index (Phi) is 6.87. The number of ether oxygens (including phenoxy) is 3. The fourth-order valence-corrected chi connectivity index (χ4v) is 2.90. The Labute approximate surface area is 162 Å². The van der Waals surface area contributed by atoms with E-state index in [1.54, 1.807) is 19.1 Å². The third kappa shape index (κ3) is 4.06. The normalized spacial score (nSPS) is 28.9. The number of ketones is 1. The van der Waals surface area contributed by atoms with E-state index >= 15 is 0 Å². The monoisotopic (exact) mass is 393 g/mol. The topological polar surface area (TPSA) is 135 Å². The van der Waals surface area contributed by atoms with Gasteiger partial charge in [-0.1, -0.05) is 5.92 Å². The highest BCUT2D eigenvalue weighted by Gasteiger charge is 2.56. The number of carbonyl (C=O) groups excluding carboxylic acids is 2. The number of nitrogens with zero attached hydrogens (tertiary/aromatic N) is 1. The maximum absolute atomic E-state index is 12.6. The van der Waals surface area contributed by atoms with Gasteiger partial charge in [0.05, 0.1) is 13.2 Å². The lowest BCUT2D eigenvalue weighted by Gasteiger charge is -2.32. The average Bonchev–Trinajstić information content (AvgIpc) is 2.90. The fourth-order valence-electron chi connectivity index (χ4n) is 2.90. The lowest BCUT2D eigenvalue weighted by atomic mass is 9.90. The summed E-state index contributed by atoms with van der Waals surface area (Å²) in [5.74, 6) is 0.424. The number of esters is 1. The van der Waals surface area contributed by atoms with Crippen LogP contribution in [0.1, 0.15) is 19.4 Å². The average molecular weight is 393 g/mol. The Balaban J connectivity index is 2.33. The minimum Gasteiger partial charge on any atom is -0.463 e. The predicted molar refractivity (Wildman–Crippen MR) is 94.6 cm³/mol. The number of hydrogen-bond donors (Lipinski definition) is 3. The summed E-state index contributed by atoms with van der Waals surface area (Å²) in [7, 11) is 0. The molecule has 1 saturated heterocycles. The summed E-state index contributed by atoms with van der Waals surface area (Å²) in [5.41, 5.74) is -3.71. The van der Waals surface area contributed by atoms with E-state index in [1.807, 2.05) is 5.92 Å². The maximum atomic E-state index is 12.6. The Hall–Kier alpha value is -2.35. The van der Waals surface area contributed by atoms with E-state index in [9.17, 15) is 24.9 Å². The zero-order chi connectivity index (χ0) is 20.9. The summed E-state index contributed by atoms with van der Waals surface area (Å²) >= 11 is 0. The van der Waals surface area contributed by atoms with Crippen LogP contribution in [-0.2, 0) is 30.2 Å². The van der Waals surface area contributed by atoms with E-state index in [2.05, 4.69) is 4.98 Å². The molecule has 28 heavy (non-hydrogen) atoms. The molecular weight excluding hydrogens is 370 g/mol. The molecule has 2 rings (SSSR count). The van der Waals surface area contributed by atoms with E-state index in [1.165, 1.54) is 19.3 Å². The lowest BCUT2D eigenvalue weighted by molar-refractivity contribution is -0.187. The van der Waals surface area contributed by atoms with Crippen molar-refractivity contribution >= 4 is 11.8 Å². The van der Waals surface area contributed by atoms with Crippen LogP contribution in [0.2, 0.25) is 0 Å². The van der Waals surface area contributed by atoms with Gasteiger partial charge in [-0.25, -0.2) is 4.79 Å². The highest BCUT2D eigenvalue weighted by atomic mass is 16.7. The van der Waals surface area contributed by atoms with Crippen LogP contribution in [0, 0.1) is 12.3 Å². The minimum absolute atomic E-state index is 0.0131. The molecule has 0 bridgehead atoms. The van der Waals surface area contributed by atoms with Crippen LogP contribution in [0.25, 0.3) is 0 Å². The van der Waals surface area contributed by atoms with Gasteiger partial charge in [-0.05, 0) is 31.5 Å². The van der Waals surface area contributed by atoms with Crippen molar-refractivity contribution < 1.29 is 39.1 Å². The van der Waals surface area contributed by atoms with Gasteiger partial charge < -0.3 is 29.5 Å². The zero-order valence-corrected chi connectivity index (χ0v) is 15.6. The number of rotatable bonds is 8. The Bertz CT molecular complexity index is 748. The van der Waals surface area contributed by atoms with Crippen LogP contribution in [0.3, 0.4) is 0 Å². The Morgan fingerprint density at radius 3 is 2.57 bits per heavy atom. The molecule has 0 aliphatic carbocycles. The standard InChI is InChI=1S/C19H23NO8/c1-4-18(25)14(28-16(23)15(18)22)11-27-19(12(3)21,17(24)26-5-2)10-13-6-8-20-9-7-13/h1,6-9,14-16,22-23,25H,5,10-11H2,2-3H3/t14-,15+,16?,18-,19?/m1/s1. The highest BCUT2D eigenvalue weighted by Crippen LogP contribution is 2.32. The second-order valence-corrected chi connectivity index (χ2v) is 6.38. The number of pyridine rings is 1. The van der Waals surface area contributed by atoms with Crippen molar-refractivity contribution in [1.29, 1.82) is 0 Å². The first kappa shape index (κ1) is 21.9. The first-order chi connectivity index (χ1) is 13.2. The fraction of sp³-hybridized carbons (Fsp3) is 0.526. The smallest absolute Gasteiger partial charge is 0.346 e. The van der Waals surface area contributed by atoms with E-state index in [0.717, 1.165) is 0 Å². The molecule has 1 aromatic heterocycles. The molecule has 9 nitrogen and oxygen atoms in total. The van der Waals surface area contributed by atoms with Crippen molar-refractivity contribution in [3.63, 3.8) is 0 Å². The molecule has 0 aromatic carbocycles. The van der Waals surface area contributed by atoms with Gasteiger partial charge >= 0.3 is 5.97 Å². The Morgan fingerprint density at radius 1 is 1.39 bits per heavy atom. The molecule has 1 aliphatic rings. The molecule has 0 amide bonds. The van der Waals surface area contributed by atoms with E-state index in [0.29, 0.717) is 5.56 Å². The van der Waals surface area contributed by atoms with Gasteiger partial charge in [0.1, 0.15) is 12.2 Å². The predicted octanol–water partition coefficient (Wildman–Crippen LogP) is -1.03. The molecule has 1 aromatic rings. The van der Waals surface area contributed by atoms with E-state index < -0.39 is 48.1 Å². The molecule has 0 saturated carbocycles. The van der Waals surface area contributed by atoms with E-state index in [4.69, 9.17) is 20.6 Å². The SMILES string of the molecule is C#C[C@@]1(O)[C@@H](COC(Cc2ccncc2)(C(C)=O)C(=O)OCC)OC(O)[C@@H]1O. The van der Waals surface area contributed by atoms with Crippen LogP contribution in [0.4, 0.5) is 0 Å². The number of aromatic nitrogens is 1. The highest BCUT2D eigenvalue weighted by molar-refractivity contribution is 6.06. The largest absolute Gasteiger partial charge is 0.463 e. The maximum Gasteiger partial charge on any atom is 0.346 e. The summed E-state index contributed by atoms with van der Waals surface area (Å²) in [6.45, 7) is 2.21. The third-order valence-electron chi connectivity index (χ3n) is 4.60. The van der Waals surface area contributed by atoms with E-state index in [-0.39, 0.29) is 13.0 Å². The van der Waals surface area contributed by atoms with Crippen LogP contribution < -0.4 is 0 Å². The third-order valence-corrected chi connectivity index (χ3v) is 4.60. The summed E-state index contributed by atoms with van der Waals surface area (Å²) in [6, 6.07) is 3.22. The number of hydrogen-bond acceptors (Lipinski definition) is 9. The molecule has 0 spiro atoms. The molecule has 2 heterocycles. The van der Waals surface area contributed by atoms with Gasteiger partial charge in [-0.3, -0.25) is 9.78 Å². The lowest BCUT2D eigenvalue weighted by Crippen LogP contribution is -2.55. The molecule has 1 fully saturated rings. The van der Waals surface area contributed by atoms with Crippen molar-refractivity contribution in [3.8, 4) is 12.3 Å². The van der Waals surface area contributed by atoms with Gasteiger partial charge in [0.2, 0.25) is 5.60 Å². The van der Waals surface area contributed by atoms with Crippen LogP contribution >= 0.6 is 0 Å². The Morgan fingerprint density at radius 2 is 2.04 bits per heavy atom. The number of aliphatic hydroxyl groups is 3. The van der Waals surface area contributed by atoms with Gasteiger partial charge in [-0.2, -0.15) is 0 Å². The molecule has 0 radical (unpaired) electrons. The number of terminal acetylenes is 1. The van der Waals surface area contributed by atoms with Gasteiger partial charge in [-0.15, -0.1) is 6.42 Å². The summed E-state index contributed by atoms with van der Waals surface area (Å²) in [5, 5.41) is 29.9. The molecular formula is C19H23NO8. The summed E-state index contributed by atoms with van der Waals surface area (Å²) in [4.78, 5) is 29.0. The number of Topliss-reactive ketones (excluding diaryl/α,β-unsaturated/α-hetero) is 1. The van der Waals surface area contributed by atoms with Crippen LogP contribution in [-0.4, -0.2) is 75.0 Å². The van der Waals surface area contributed by atoms with Gasteiger partial charge in [0.15, 0.2) is 17.7 Å². The molecule has 3 N–H and O–H groups in total. The second-order valence-electron chi connectivity index (χ2n) is 6.38. The zero-order valence-electron chi connectivity index (χ0n) is 15.6. The molecule has 5 atom stereocenters. The molecule has 152 valence electrons. The number of aliphatic hydroxyl groups excluding tert-OH is 2. The first-order valence-corrected chi connectivity index (χ1v) is 8.64. The van der Waals surface area contributed by atoms with Crippen LogP contribution in [0.15, 0.2) is 24.5 Å².